The number of pyridine rings is 1. The Hall–Kier alpha value is -2.81. The van der Waals surface area contributed by atoms with Gasteiger partial charge in [0.1, 0.15) is 11.5 Å². The maximum atomic E-state index is 12.1. The highest BCUT2D eigenvalue weighted by Crippen LogP contribution is 2.34. The van der Waals surface area contributed by atoms with E-state index in [2.05, 4.69) is 9.88 Å². The summed E-state index contributed by atoms with van der Waals surface area (Å²) in [5.41, 5.74) is 1.61. The van der Waals surface area contributed by atoms with Crippen LogP contribution in [0.3, 0.4) is 0 Å². The number of rotatable bonds is 11. The number of carboxylic acid groups (broad SMARTS) is 1. The zero-order valence-electron chi connectivity index (χ0n) is 20.8. The summed E-state index contributed by atoms with van der Waals surface area (Å²) in [4.78, 5) is 19.9. The van der Waals surface area contributed by atoms with Gasteiger partial charge in [0.05, 0.1) is 31.8 Å². The third kappa shape index (κ3) is 6.49. The maximum absolute atomic E-state index is 12.1. The summed E-state index contributed by atoms with van der Waals surface area (Å²) in [6.45, 7) is 2.28. The van der Waals surface area contributed by atoms with Gasteiger partial charge in [-0.1, -0.05) is 0 Å². The van der Waals surface area contributed by atoms with Crippen LogP contribution >= 0.6 is 11.8 Å². The number of hydrogen-bond donors (Lipinski definition) is 2. The second-order valence-electron chi connectivity index (χ2n) is 9.19. The fourth-order valence-corrected chi connectivity index (χ4v) is 5.87. The summed E-state index contributed by atoms with van der Waals surface area (Å²) in [7, 11) is 3.27. The Kier molecular flexibility index (Phi) is 9.07. The smallest absolute Gasteiger partial charge is 0.308 e. The summed E-state index contributed by atoms with van der Waals surface area (Å²) in [5.74, 6) is 1.33. The summed E-state index contributed by atoms with van der Waals surface area (Å²) in [6, 6.07) is 15.5. The molecule has 1 fully saturated rings. The van der Waals surface area contributed by atoms with Crippen LogP contribution < -0.4 is 9.47 Å². The molecule has 0 aliphatic carbocycles. The highest BCUT2D eigenvalue weighted by Gasteiger charge is 2.34. The molecule has 0 radical (unpaired) electrons. The van der Waals surface area contributed by atoms with E-state index >= 15 is 0 Å². The molecule has 1 aliphatic heterocycles. The van der Waals surface area contributed by atoms with Crippen molar-refractivity contribution >= 4 is 28.6 Å². The minimum Gasteiger partial charge on any atom is -0.497 e. The molecule has 2 heterocycles. The number of likely N-dealkylation sites (tertiary alicyclic amines) is 1. The van der Waals surface area contributed by atoms with Crippen molar-refractivity contribution in [1.29, 1.82) is 0 Å². The first kappa shape index (κ1) is 26.3. The van der Waals surface area contributed by atoms with Gasteiger partial charge in [-0.05, 0) is 85.8 Å². The van der Waals surface area contributed by atoms with Crippen molar-refractivity contribution in [2.45, 2.75) is 30.3 Å². The molecule has 0 amide bonds. The highest BCUT2D eigenvalue weighted by molar-refractivity contribution is 7.99. The average molecular weight is 511 g/mol. The molecular weight excluding hydrogens is 476 g/mol. The average Bonchev–Trinajstić information content (AvgIpc) is 2.91. The predicted molar refractivity (Wildman–Crippen MR) is 142 cm³/mol. The van der Waals surface area contributed by atoms with E-state index in [0.717, 1.165) is 47.5 Å². The molecule has 8 heteroatoms. The van der Waals surface area contributed by atoms with Crippen LogP contribution in [0.15, 0.2) is 59.6 Å². The second-order valence-corrected chi connectivity index (χ2v) is 10.4. The molecule has 2 aromatic carbocycles. The molecule has 1 aliphatic rings. The Morgan fingerprint density at radius 3 is 2.61 bits per heavy atom. The van der Waals surface area contributed by atoms with Crippen LogP contribution in [0.1, 0.15) is 30.9 Å². The number of methoxy groups -OCH3 is 2. The standard InChI is InChI=1S/C28H34N2O5S/c1-34-20-4-7-22(8-5-20)36-16-15-30-14-12-19(25(18-30)28(32)33)3-10-27(31)23-11-13-29-26-9-6-21(35-2)17-24(23)26/h4-9,11,13,17,19,25,27,31H,3,10,12,14-16,18H2,1-2H3,(H,32,33)/t19-,25+,27?/m1/s1. The number of aliphatic carboxylic acids is 1. The number of benzene rings is 2. The van der Waals surface area contributed by atoms with E-state index in [-0.39, 0.29) is 5.92 Å². The quantitative estimate of drug-likeness (QED) is 0.353. The van der Waals surface area contributed by atoms with Crippen LogP contribution in [-0.2, 0) is 4.79 Å². The lowest BCUT2D eigenvalue weighted by Crippen LogP contribution is -2.44. The number of aliphatic hydroxyl groups excluding tert-OH is 1. The van der Waals surface area contributed by atoms with E-state index in [1.165, 1.54) is 4.90 Å². The minimum absolute atomic E-state index is 0.0466. The van der Waals surface area contributed by atoms with Gasteiger partial charge in [-0.2, -0.15) is 0 Å². The molecule has 4 rings (SSSR count). The lowest BCUT2D eigenvalue weighted by atomic mass is 9.81. The molecule has 0 saturated carbocycles. The first-order chi connectivity index (χ1) is 17.5. The van der Waals surface area contributed by atoms with Crippen LogP contribution in [-0.4, -0.2) is 65.7 Å². The first-order valence-corrected chi connectivity index (χ1v) is 13.3. The topological polar surface area (TPSA) is 92.1 Å². The molecule has 1 unspecified atom stereocenters. The van der Waals surface area contributed by atoms with Crippen LogP contribution in [0.4, 0.5) is 0 Å². The minimum atomic E-state index is -0.749. The molecular formula is C28H34N2O5S. The van der Waals surface area contributed by atoms with E-state index in [1.807, 2.05) is 48.5 Å². The summed E-state index contributed by atoms with van der Waals surface area (Å²) < 4.78 is 10.5. The Labute approximate surface area is 216 Å². The zero-order valence-corrected chi connectivity index (χ0v) is 21.6. The number of fused-ring (bicyclic) bond motifs is 1. The molecule has 3 aromatic rings. The number of carboxylic acids is 1. The van der Waals surface area contributed by atoms with E-state index in [1.54, 1.807) is 32.2 Å². The van der Waals surface area contributed by atoms with Crippen molar-refractivity contribution in [2.24, 2.45) is 11.8 Å². The number of hydrogen-bond acceptors (Lipinski definition) is 7. The fraction of sp³-hybridized carbons (Fsp3) is 0.429. The van der Waals surface area contributed by atoms with Crippen molar-refractivity contribution in [3.05, 3.63) is 60.3 Å². The number of carbonyl (C=O) groups is 1. The number of aromatic nitrogens is 1. The Morgan fingerprint density at radius 1 is 1.14 bits per heavy atom. The Morgan fingerprint density at radius 2 is 1.89 bits per heavy atom. The largest absolute Gasteiger partial charge is 0.497 e. The van der Waals surface area contributed by atoms with Crippen molar-refractivity contribution in [3.8, 4) is 11.5 Å². The van der Waals surface area contributed by atoms with Gasteiger partial charge in [-0.25, -0.2) is 0 Å². The van der Waals surface area contributed by atoms with Gasteiger partial charge in [-0.15, -0.1) is 11.8 Å². The fourth-order valence-electron chi connectivity index (χ4n) is 4.95. The molecule has 7 nitrogen and oxygen atoms in total. The third-order valence-electron chi connectivity index (χ3n) is 7.05. The van der Waals surface area contributed by atoms with Crippen LogP contribution in [0, 0.1) is 11.8 Å². The van der Waals surface area contributed by atoms with Gasteiger partial charge < -0.3 is 24.6 Å². The summed E-state index contributed by atoms with van der Waals surface area (Å²) in [5, 5.41) is 21.8. The van der Waals surface area contributed by atoms with Crippen LogP contribution in [0.5, 0.6) is 11.5 Å². The number of thioether (sulfide) groups is 1. The molecule has 2 N–H and O–H groups in total. The van der Waals surface area contributed by atoms with Crippen molar-refractivity contribution in [1.82, 2.24) is 9.88 Å². The number of nitrogens with zero attached hydrogens (tertiary/aromatic N) is 2. The highest BCUT2D eigenvalue weighted by atomic mass is 32.2. The monoisotopic (exact) mass is 510 g/mol. The van der Waals surface area contributed by atoms with Gasteiger partial charge in [0.2, 0.25) is 0 Å². The molecule has 1 aromatic heterocycles. The van der Waals surface area contributed by atoms with Gasteiger partial charge >= 0.3 is 5.97 Å². The molecule has 0 bridgehead atoms. The maximum Gasteiger partial charge on any atom is 0.308 e. The summed E-state index contributed by atoms with van der Waals surface area (Å²) >= 11 is 1.77. The van der Waals surface area contributed by atoms with E-state index < -0.39 is 18.0 Å². The van der Waals surface area contributed by atoms with E-state index in [4.69, 9.17) is 9.47 Å². The predicted octanol–water partition coefficient (Wildman–Crippen LogP) is 4.88. The van der Waals surface area contributed by atoms with Gasteiger partial charge in [-0.3, -0.25) is 9.78 Å². The molecule has 192 valence electrons. The summed E-state index contributed by atoms with van der Waals surface area (Å²) in [6.07, 6.45) is 3.02. The van der Waals surface area contributed by atoms with E-state index in [0.29, 0.717) is 25.1 Å². The van der Waals surface area contributed by atoms with E-state index in [9.17, 15) is 15.0 Å². The third-order valence-corrected chi connectivity index (χ3v) is 8.04. The van der Waals surface area contributed by atoms with Crippen LogP contribution in [0.25, 0.3) is 10.9 Å². The number of aliphatic hydroxyl groups is 1. The lowest BCUT2D eigenvalue weighted by molar-refractivity contribution is -0.146. The SMILES string of the molecule is COc1ccc(SCCN2CC[C@@H](CCC(O)c3ccnc4ccc(OC)cc34)[C@@H](C(=O)O)C2)cc1. The zero-order chi connectivity index (χ0) is 25.5. The molecule has 0 spiro atoms. The van der Waals surface area contributed by atoms with Crippen molar-refractivity contribution < 1.29 is 24.5 Å². The number of piperidine rings is 1. The first-order valence-electron chi connectivity index (χ1n) is 12.3. The van der Waals surface area contributed by atoms with Crippen molar-refractivity contribution in [3.63, 3.8) is 0 Å². The van der Waals surface area contributed by atoms with Gasteiger partial charge in [0, 0.05) is 35.3 Å². The Balaban J connectivity index is 1.31. The van der Waals surface area contributed by atoms with Gasteiger partial charge in [0.25, 0.3) is 0 Å². The van der Waals surface area contributed by atoms with Crippen LogP contribution in [0.2, 0.25) is 0 Å². The lowest BCUT2D eigenvalue weighted by Gasteiger charge is -2.37. The molecule has 36 heavy (non-hydrogen) atoms. The number of ether oxygens (including phenoxy) is 2. The van der Waals surface area contributed by atoms with Gasteiger partial charge in [0.15, 0.2) is 0 Å². The normalized spacial score (nSPS) is 19.2. The van der Waals surface area contributed by atoms with Crippen molar-refractivity contribution in [2.75, 3.05) is 39.6 Å². The Bertz CT molecular complexity index is 1160. The second kappa shape index (κ2) is 12.4. The molecule has 1 saturated heterocycles. The molecule has 3 atom stereocenters.